The van der Waals surface area contributed by atoms with Crippen LogP contribution in [0.5, 0.6) is 0 Å². The molecule has 0 saturated carbocycles. The first-order valence-corrected chi connectivity index (χ1v) is 10.3. The van der Waals surface area contributed by atoms with Crippen molar-refractivity contribution in [1.29, 1.82) is 0 Å². The van der Waals surface area contributed by atoms with Crippen LogP contribution in [0.4, 0.5) is 0 Å². The second-order valence-electron chi connectivity index (χ2n) is 8.38. The lowest BCUT2D eigenvalue weighted by Crippen LogP contribution is -2.33. The summed E-state index contributed by atoms with van der Waals surface area (Å²) in [5.41, 5.74) is 4.71. The monoisotopic (exact) mass is 399 g/mol. The molecule has 0 radical (unpaired) electrons. The molecule has 1 heterocycles. The molecule has 4 rings (SSSR count). The van der Waals surface area contributed by atoms with E-state index >= 15 is 0 Å². The predicted octanol–water partition coefficient (Wildman–Crippen LogP) is 3.32. The third-order valence-electron chi connectivity index (χ3n) is 5.28. The van der Waals surface area contributed by atoms with E-state index in [1.807, 2.05) is 24.3 Å². The molecule has 4 N–H and O–H groups in total. The minimum Gasteiger partial charge on any atom is -0.391 e. The average molecular weight is 400 g/mol. The fourth-order valence-corrected chi connectivity index (χ4v) is 4.12. The molecule has 1 aromatic carbocycles. The van der Waals surface area contributed by atoms with Crippen LogP contribution in [0.25, 0.3) is 0 Å². The standard InChI is InChI=1S/C12H17NO.C11H16N2O.CH4/c1-8(2)13-12-10-6-4-3-5-9(10)7-11(12)14;1-7(2)13-11-8-4-3-5-12-9(8)6-10(11)14;/h3-6,8,11-14H,7H2,1-2H3;3-5,7,10-11,13-14H,6H2,1-2H3;1H4/t11-,12?;10-,11?;/m11./s1. The Kier molecular flexibility index (Phi) is 8.34. The minimum absolute atomic E-state index is 0. The van der Waals surface area contributed by atoms with Gasteiger partial charge in [-0.25, -0.2) is 0 Å². The van der Waals surface area contributed by atoms with E-state index in [2.05, 4.69) is 55.4 Å². The Hall–Kier alpha value is -1.79. The van der Waals surface area contributed by atoms with E-state index in [9.17, 15) is 10.2 Å². The summed E-state index contributed by atoms with van der Waals surface area (Å²) < 4.78 is 0. The third kappa shape index (κ3) is 5.64. The van der Waals surface area contributed by atoms with Crippen molar-refractivity contribution in [2.24, 2.45) is 0 Å². The molecular weight excluding hydrogens is 362 g/mol. The zero-order valence-corrected chi connectivity index (χ0v) is 17.3. The molecule has 0 saturated heterocycles. The van der Waals surface area contributed by atoms with Crippen LogP contribution >= 0.6 is 0 Å². The number of aliphatic hydroxyl groups excluding tert-OH is 2. The highest BCUT2D eigenvalue weighted by Crippen LogP contribution is 2.31. The van der Waals surface area contributed by atoms with Crippen LogP contribution in [0.3, 0.4) is 0 Å². The van der Waals surface area contributed by atoms with Gasteiger partial charge in [0, 0.05) is 36.8 Å². The van der Waals surface area contributed by atoms with Crippen molar-refractivity contribution in [2.45, 2.75) is 84.3 Å². The number of hydrogen-bond acceptors (Lipinski definition) is 5. The van der Waals surface area contributed by atoms with Crippen LogP contribution in [-0.2, 0) is 12.8 Å². The minimum atomic E-state index is -0.331. The fourth-order valence-electron chi connectivity index (χ4n) is 4.12. The molecule has 2 aliphatic rings. The first kappa shape index (κ1) is 23.5. The Morgan fingerprint density at radius 2 is 1.38 bits per heavy atom. The molecule has 4 atom stereocenters. The third-order valence-corrected chi connectivity index (χ3v) is 5.28. The van der Waals surface area contributed by atoms with Crippen molar-refractivity contribution >= 4 is 0 Å². The van der Waals surface area contributed by atoms with Gasteiger partial charge in [0.05, 0.1) is 24.3 Å². The number of nitrogens with one attached hydrogen (secondary N) is 2. The number of aliphatic hydroxyl groups is 2. The molecule has 0 spiro atoms. The number of pyridine rings is 1. The van der Waals surface area contributed by atoms with E-state index in [1.54, 1.807) is 6.20 Å². The van der Waals surface area contributed by atoms with Gasteiger partial charge in [0.25, 0.3) is 0 Å². The summed E-state index contributed by atoms with van der Waals surface area (Å²) in [5, 5.41) is 26.5. The van der Waals surface area contributed by atoms with E-state index in [1.165, 1.54) is 11.1 Å². The van der Waals surface area contributed by atoms with Gasteiger partial charge in [-0.15, -0.1) is 0 Å². The molecule has 2 aliphatic carbocycles. The second kappa shape index (κ2) is 10.3. The van der Waals surface area contributed by atoms with Gasteiger partial charge in [-0.2, -0.15) is 0 Å². The number of hydrogen-bond donors (Lipinski definition) is 4. The molecule has 2 aromatic rings. The molecule has 0 bridgehead atoms. The number of aromatic nitrogens is 1. The van der Waals surface area contributed by atoms with E-state index < -0.39 is 0 Å². The Morgan fingerprint density at radius 1 is 0.828 bits per heavy atom. The van der Waals surface area contributed by atoms with Crippen LogP contribution in [0.1, 0.15) is 69.6 Å². The topological polar surface area (TPSA) is 77.4 Å². The van der Waals surface area contributed by atoms with E-state index in [4.69, 9.17) is 0 Å². The van der Waals surface area contributed by atoms with Crippen molar-refractivity contribution in [2.75, 3.05) is 0 Å². The van der Waals surface area contributed by atoms with Crippen LogP contribution in [-0.4, -0.2) is 39.5 Å². The Balaban J connectivity index is 0.000000200. The average Bonchev–Trinajstić information content (AvgIpc) is 3.12. The van der Waals surface area contributed by atoms with Gasteiger partial charge in [0.1, 0.15) is 0 Å². The first-order valence-electron chi connectivity index (χ1n) is 10.3. The fraction of sp³-hybridized carbons (Fsp3) is 0.542. The van der Waals surface area contributed by atoms with Crippen LogP contribution in [0.15, 0.2) is 42.6 Å². The maximum atomic E-state index is 9.90. The van der Waals surface area contributed by atoms with E-state index in [0.29, 0.717) is 18.5 Å². The number of benzene rings is 1. The number of nitrogens with zero attached hydrogens (tertiary/aromatic N) is 1. The molecule has 0 aliphatic heterocycles. The Labute approximate surface area is 175 Å². The zero-order chi connectivity index (χ0) is 20.3. The molecule has 0 amide bonds. The van der Waals surface area contributed by atoms with Gasteiger partial charge in [0.2, 0.25) is 0 Å². The lowest BCUT2D eigenvalue weighted by Gasteiger charge is -2.20. The van der Waals surface area contributed by atoms with Gasteiger partial charge >= 0.3 is 0 Å². The highest BCUT2D eigenvalue weighted by atomic mass is 16.3. The molecule has 5 heteroatoms. The molecule has 0 fully saturated rings. The summed E-state index contributed by atoms with van der Waals surface area (Å²) in [7, 11) is 0. The van der Waals surface area contributed by atoms with Gasteiger partial charge in [-0.3, -0.25) is 4.98 Å². The molecule has 29 heavy (non-hydrogen) atoms. The van der Waals surface area contributed by atoms with E-state index in [-0.39, 0.29) is 31.7 Å². The molecule has 1 aromatic heterocycles. The maximum Gasteiger partial charge on any atom is 0.0791 e. The van der Waals surface area contributed by atoms with Crippen LogP contribution < -0.4 is 10.6 Å². The lowest BCUT2D eigenvalue weighted by atomic mass is 10.1. The molecular formula is C24H37N3O2. The molecule has 160 valence electrons. The van der Waals surface area contributed by atoms with Crippen molar-refractivity contribution in [1.82, 2.24) is 15.6 Å². The SMILES string of the molecule is C.CC(C)NC1c2ccccc2C[C@H]1O.CC(C)NC1c2cccnc2C[C@H]1O. The highest BCUT2D eigenvalue weighted by molar-refractivity contribution is 5.36. The van der Waals surface area contributed by atoms with Gasteiger partial charge in [-0.1, -0.05) is 65.5 Å². The molecule has 5 nitrogen and oxygen atoms in total. The van der Waals surface area contributed by atoms with Crippen LogP contribution in [0.2, 0.25) is 0 Å². The largest absolute Gasteiger partial charge is 0.391 e. The lowest BCUT2D eigenvalue weighted by molar-refractivity contribution is 0.136. The summed E-state index contributed by atoms with van der Waals surface area (Å²) in [6.07, 6.45) is 2.63. The Morgan fingerprint density at radius 3 is 2.03 bits per heavy atom. The Bertz CT molecular complexity index is 713. The van der Waals surface area contributed by atoms with Crippen molar-refractivity contribution in [3.8, 4) is 0 Å². The quantitative estimate of drug-likeness (QED) is 0.634. The van der Waals surface area contributed by atoms with Crippen LogP contribution in [0, 0.1) is 0 Å². The van der Waals surface area contributed by atoms with Crippen molar-refractivity contribution in [3.05, 3.63) is 65.0 Å². The summed E-state index contributed by atoms with van der Waals surface area (Å²) >= 11 is 0. The zero-order valence-electron chi connectivity index (χ0n) is 17.3. The molecule has 2 unspecified atom stereocenters. The predicted molar refractivity (Wildman–Crippen MR) is 119 cm³/mol. The van der Waals surface area contributed by atoms with Crippen molar-refractivity contribution < 1.29 is 10.2 Å². The van der Waals surface area contributed by atoms with Gasteiger partial charge in [-0.05, 0) is 22.8 Å². The summed E-state index contributed by atoms with van der Waals surface area (Å²) in [4.78, 5) is 4.27. The summed E-state index contributed by atoms with van der Waals surface area (Å²) in [6.45, 7) is 8.38. The normalized spacial score (nSPS) is 24.6. The summed E-state index contributed by atoms with van der Waals surface area (Å²) in [5.74, 6) is 0. The van der Waals surface area contributed by atoms with Gasteiger partial charge < -0.3 is 20.8 Å². The summed E-state index contributed by atoms with van der Waals surface area (Å²) in [6, 6.07) is 13.2. The number of fused-ring (bicyclic) bond motifs is 2. The van der Waals surface area contributed by atoms with Gasteiger partial charge in [0.15, 0.2) is 0 Å². The van der Waals surface area contributed by atoms with E-state index in [0.717, 1.165) is 17.7 Å². The number of rotatable bonds is 4. The smallest absolute Gasteiger partial charge is 0.0791 e. The van der Waals surface area contributed by atoms with Crippen molar-refractivity contribution in [3.63, 3.8) is 0 Å². The maximum absolute atomic E-state index is 9.90. The highest BCUT2D eigenvalue weighted by Gasteiger charge is 2.32. The second-order valence-corrected chi connectivity index (χ2v) is 8.38. The first-order chi connectivity index (χ1) is 13.4.